The molecule has 34 heavy (non-hydrogen) atoms. The number of aliphatic hydroxyl groups excluding tert-OH is 1. The Morgan fingerprint density at radius 2 is 1.59 bits per heavy atom. The van der Waals surface area contributed by atoms with Crippen LogP contribution < -0.4 is 0 Å². The molecule has 0 bridgehead atoms. The van der Waals surface area contributed by atoms with Gasteiger partial charge < -0.3 is 15.1 Å². The second-order valence-electron chi connectivity index (χ2n) is 8.98. The van der Waals surface area contributed by atoms with E-state index in [1.165, 1.54) is 36.4 Å². The Hall–Kier alpha value is -2.93. The minimum atomic E-state index is -1.38. The summed E-state index contributed by atoms with van der Waals surface area (Å²) in [6.45, 7) is 1.59. The third-order valence-electron chi connectivity index (χ3n) is 6.79. The molecule has 3 atom stereocenters. The second kappa shape index (κ2) is 10.6. The molecule has 0 radical (unpaired) electrons. The van der Waals surface area contributed by atoms with Crippen molar-refractivity contribution in [1.82, 2.24) is 4.90 Å². The molecular formula is C28H29F2NO3. The van der Waals surface area contributed by atoms with E-state index in [9.17, 15) is 23.8 Å². The summed E-state index contributed by atoms with van der Waals surface area (Å²) in [6, 6.07) is 20.5. The zero-order valence-corrected chi connectivity index (χ0v) is 18.9. The topological polar surface area (TPSA) is 60.8 Å². The molecule has 0 aliphatic carbocycles. The number of aliphatic hydroxyl groups is 2. The largest absolute Gasteiger partial charge is 0.388 e. The fraction of sp³-hybridized carbons (Fsp3) is 0.321. The van der Waals surface area contributed by atoms with Gasteiger partial charge in [-0.05, 0) is 54.8 Å². The van der Waals surface area contributed by atoms with Gasteiger partial charge in [-0.15, -0.1) is 0 Å². The van der Waals surface area contributed by atoms with Crippen LogP contribution in [0.5, 0.6) is 0 Å². The van der Waals surface area contributed by atoms with Gasteiger partial charge in [0.25, 0.3) is 0 Å². The van der Waals surface area contributed by atoms with Crippen LogP contribution in [-0.4, -0.2) is 40.5 Å². The molecule has 1 aliphatic heterocycles. The molecule has 1 unspecified atom stereocenters. The van der Waals surface area contributed by atoms with Gasteiger partial charge in [0.05, 0.1) is 11.7 Å². The molecule has 1 aliphatic rings. The molecule has 4 nitrogen and oxygen atoms in total. The highest BCUT2D eigenvalue weighted by Gasteiger charge is 2.46. The summed E-state index contributed by atoms with van der Waals surface area (Å²) in [6.07, 6.45) is 0.355. The molecule has 0 amide bonds. The lowest BCUT2D eigenvalue weighted by Crippen LogP contribution is -2.52. The number of Topliss-reactive ketones (excluding diaryl/α,β-unsaturated/α-hetero) is 1. The van der Waals surface area contributed by atoms with Crippen LogP contribution in [0.4, 0.5) is 8.78 Å². The van der Waals surface area contributed by atoms with Crippen LogP contribution in [0.3, 0.4) is 0 Å². The van der Waals surface area contributed by atoms with Crippen LogP contribution in [0, 0.1) is 17.6 Å². The highest BCUT2D eigenvalue weighted by molar-refractivity contribution is 5.95. The van der Waals surface area contributed by atoms with E-state index < -0.39 is 29.3 Å². The molecule has 0 spiro atoms. The molecule has 3 aromatic rings. The smallest absolute Gasteiger partial charge is 0.162 e. The number of benzene rings is 3. The predicted octanol–water partition coefficient (Wildman–Crippen LogP) is 4.87. The Morgan fingerprint density at radius 3 is 2.24 bits per heavy atom. The van der Waals surface area contributed by atoms with E-state index in [4.69, 9.17) is 0 Å². The first-order valence-electron chi connectivity index (χ1n) is 11.6. The van der Waals surface area contributed by atoms with Crippen LogP contribution in [0.2, 0.25) is 0 Å². The first kappa shape index (κ1) is 24.2. The van der Waals surface area contributed by atoms with Crippen molar-refractivity contribution in [3.05, 3.63) is 107 Å². The van der Waals surface area contributed by atoms with Crippen LogP contribution in [-0.2, 0) is 5.60 Å². The van der Waals surface area contributed by atoms with Gasteiger partial charge in [-0.2, -0.15) is 0 Å². The quantitative estimate of drug-likeness (QED) is 0.466. The summed E-state index contributed by atoms with van der Waals surface area (Å²) in [4.78, 5) is 14.6. The third-order valence-corrected chi connectivity index (χ3v) is 6.79. The SMILES string of the molecule is O=C(CCCN1CC[C@](O)(c2ccc(F)cc2)[C@@H](C(O)c2ccc(F)cc2)C1)c1ccccc1. The first-order valence-corrected chi connectivity index (χ1v) is 11.6. The van der Waals surface area contributed by atoms with Crippen LogP contribution in [0.15, 0.2) is 78.9 Å². The molecule has 6 heteroatoms. The average molecular weight is 466 g/mol. The third kappa shape index (κ3) is 5.41. The van der Waals surface area contributed by atoms with Crippen molar-refractivity contribution in [1.29, 1.82) is 0 Å². The van der Waals surface area contributed by atoms with Crippen molar-refractivity contribution < 1.29 is 23.8 Å². The van der Waals surface area contributed by atoms with Crippen LogP contribution >= 0.6 is 0 Å². The molecule has 1 heterocycles. The molecule has 0 saturated carbocycles. The summed E-state index contributed by atoms with van der Waals surface area (Å²) in [5.41, 5.74) is 0.362. The number of carbonyl (C=O) groups excluding carboxylic acids is 1. The van der Waals surface area contributed by atoms with Gasteiger partial charge >= 0.3 is 0 Å². The number of piperidine rings is 1. The minimum Gasteiger partial charge on any atom is -0.388 e. The number of rotatable bonds is 8. The lowest BCUT2D eigenvalue weighted by atomic mass is 9.72. The monoisotopic (exact) mass is 465 g/mol. The zero-order valence-electron chi connectivity index (χ0n) is 18.9. The molecule has 1 saturated heterocycles. The predicted molar refractivity (Wildman–Crippen MR) is 126 cm³/mol. The number of hydrogen-bond acceptors (Lipinski definition) is 4. The lowest BCUT2D eigenvalue weighted by molar-refractivity contribution is -0.122. The van der Waals surface area contributed by atoms with Crippen LogP contribution in [0.25, 0.3) is 0 Å². The standard InChI is InChI=1S/C28H29F2NO3/c29-23-12-8-21(9-13-23)27(33)25-19-31(17-4-7-26(32)20-5-2-1-3-6-20)18-16-28(25,34)22-10-14-24(30)15-11-22/h1-3,5-6,8-15,25,27,33-34H,4,7,16-19H2/t25-,27?,28+/m1/s1. The highest BCUT2D eigenvalue weighted by Crippen LogP contribution is 2.44. The van der Waals surface area contributed by atoms with E-state index >= 15 is 0 Å². The zero-order chi connectivity index (χ0) is 24.1. The van der Waals surface area contributed by atoms with Crippen molar-refractivity contribution in [3.8, 4) is 0 Å². The van der Waals surface area contributed by atoms with Crippen molar-refractivity contribution in [3.63, 3.8) is 0 Å². The fourth-order valence-corrected chi connectivity index (χ4v) is 4.82. The van der Waals surface area contributed by atoms with Gasteiger partial charge in [-0.3, -0.25) is 4.79 Å². The summed E-state index contributed by atoms with van der Waals surface area (Å²) in [5.74, 6) is -1.34. The van der Waals surface area contributed by atoms with E-state index in [-0.39, 0.29) is 5.78 Å². The first-order chi connectivity index (χ1) is 16.4. The highest BCUT2D eigenvalue weighted by atomic mass is 19.1. The number of likely N-dealkylation sites (tertiary alicyclic amines) is 1. The normalized spacial score (nSPS) is 21.8. The number of hydrogen-bond donors (Lipinski definition) is 2. The maximum absolute atomic E-state index is 13.5. The number of halogens is 2. The van der Waals surface area contributed by atoms with Gasteiger partial charge in [-0.1, -0.05) is 54.6 Å². The summed E-state index contributed by atoms with van der Waals surface area (Å²) < 4.78 is 27.0. The Kier molecular flexibility index (Phi) is 7.51. The number of nitrogens with zero attached hydrogens (tertiary/aromatic N) is 1. The molecule has 178 valence electrons. The Bertz CT molecular complexity index is 1090. The van der Waals surface area contributed by atoms with Gasteiger partial charge in [0.15, 0.2) is 5.78 Å². The Labute approximate surface area is 198 Å². The van der Waals surface area contributed by atoms with Gasteiger partial charge in [-0.25, -0.2) is 8.78 Å². The van der Waals surface area contributed by atoms with Crippen molar-refractivity contribution in [2.75, 3.05) is 19.6 Å². The molecular weight excluding hydrogens is 436 g/mol. The van der Waals surface area contributed by atoms with Crippen LogP contribution in [0.1, 0.15) is 46.9 Å². The van der Waals surface area contributed by atoms with E-state index in [0.717, 1.165) is 0 Å². The number of ketones is 1. The Balaban J connectivity index is 1.49. The molecule has 4 rings (SSSR count). The maximum Gasteiger partial charge on any atom is 0.162 e. The minimum absolute atomic E-state index is 0.0864. The second-order valence-corrected chi connectivity index (χ2v) is 8.98. The maximum atomic E-state index is 13.5. The lowest BCUT2D eigenvalue weighted by Gasteiger charge is -2.47. The van der Waals surface area contributed by atoms with Gasteiger partial charge in [0.1, 0.15) is 11.6 Å². The van der Waals surface area contributed by atoms with Gasteiger partial charge in [0, 0.05) is 31.0 Å². The van der Waals surface area contributed by atoms with E-state index in [1.807, 2.05) is 18.2 Å². The molecule has 0 aromatic heterocycles. The van der Waals surface area contributed by atoms with Crippen molar-refractivity contribution >= 4 is 5.78 Å². The van der Waals surface area contributed by atoms with E-state index in [0.29, 0.717) is 55.6 Å². The fourth-order valence-electron chi connectivity index (χ4n) is 4.82. The number of carbonyl (C=O) groups is 1. The molecule has 1 fully saturated rings. The average Bonchev–Trinajstić information content (AvgIpc) is 2.86. The van der Waals surface area contributed by atoms with Crippen molar-refractivity contribution in [2.45, 2.75) is 31.0 Å². The summed E-state index contributed by atoms with van der Waals surface area (Å²) >= 11 is 0. The van der Waals surface area contributed by atoms with E-state index in [1.54, 1.807) is 24.3 Å². The summed E-state index contributed by atoms with van der Waals surface area (Å²) in [7, 11) is 0. The van der Waals surface area contributed by atoms with Crippen molar-refractivity contribution in [2.24, 2.45) is 5.92 Å². The summed E-state index contributed by atoms with van der Waals surface area (Å²) in [5, 5.41) is 23.0. The molecule has 3 aromatic carbocycles. The van der Waals surface area contributed by atoms with Gasteiger partial charge in [0.2, 0.25) is 0 Å². The van der Waals surface area contributed by atoms with E-state index in [2.05, 4.69) is 4.90 Å². The Morgan fingerprint density at radius 1 is 0.971 bits per heavy atom. The molecule has 2 N–H and O–H groups in total.